The Labute approximate surface area is 296 Å². The molecular formula is C45H27N3S2. The van der Waals surface area contributed by atoms with Crippen LogP contribution in [0.4, 0.5) is 0 Å². The molecule has 5 heteroatoms. The predicted molar refractivity (Wildman–Crippen MR) is 213 cm³/mol. The zero-order chi connectivity index (χ0) is 33.0. The molecule has 0 aliphatic carbocycles. The van der Waals surface area contributed by atoms with Gasteiger partial charge in [-0.15, -0.1) is 22.7 Å². The van der Waals surface area contributed by atoms with Crippen LogP contribution in [0.1, 0.15) is 0 Å². The maximum atomic E-state index is 4.99. The van der Waals surface area contributed by atoms with E-state index in [1.807, 2.05) is 83.3 Å². The standard InChI is InChI=1S/C45H27N3S2/c1-4-13-28(14-5-1)37-25-32(27-40-41(37)36-19-10-11-22-38(36)49-40)33-20-12-21-35-34-24-23-31(26-39(34)50-42(33)35)45-47-43(29-15-6-2-7-16-29)46-44(48-45)30-17-8-3-9-18-30/h1-27H. The summed E-state index contributed by atoms with van der Waals surface area (Å²) in [6.45, 7) is 0. The van der Waals surface area contributed by atoms with Crippen LogP contribution < -0.4 is 0 Å². The van der Waals surface area contributed by atoms with Crippen molar-refractivity contribution in [1.82, 2.24) is 15.0 Å². The number of aromatic nitrogens is 3. The van der Waals surface area contributed by atoms with Crippen molar-refractivity contribution < 1.29 is 0 Å². The summed E-state index contributed by atoms with van der Waals surface area (Å²) >= 11 is 3.71. The average Bonchev–Trinajstić information content (AvgIpc) is 3.76. The highest BCUT2D eigenvalue weighted by Gasteiger charge is 2.18. The van der Waals surface area contributed by atoms with Crippen molar-refractivity contribution >= 4 is 63.0 Å². The second-order valence-corrected chi connectivity index (χ2v) is 14.5. The maximum Gasteiger partial charge on any atom is 0.164 e. The summed E-state index contributed by atoms with van der Waals surface area (Å²) in [7, 11) is 0. The minimum atomic E-state index is 0.666. The predicted octanol–water partition coefficient (Wildman–Crippen LogP) is 12.9. The second kappa shape index (κ2) is 11.8. The van der Waals surface area contributed by atoms with E-state index in [4.69, 9.17) is 15.0 Å². The fraction of sp³-hybridized carbons (Fsp3) is 0. The largest absolute Gasteiger partial charge is 0.208 e. The molecule has 0 amide bonds. The monoisotopic (exact) mass is 673 g/mol. The lowest BCUT2D eigenvalue weighted by atomic mass is 9.94. The van der Waals surface area contributed by atoms with Gasteiger partial charge in [0.1, 0.15) is 0 Å². The number of fused-ring (bicyclic) bond motifs is 6. The van der Waals surface area contributed by atoms with E-state index in [0.29, 0.717) is 17.5 Å². The Morgan fingerprint density at radius 1 is 0.320 bits per heavy atom. The second-order valence-electron chi connectivity index (χ2n) is 12.4. The van der Waals surface area contributed by atoms with Gasteiger partial charge in [0.05, 0.1) is 0 Å². The number of hydrogen-bond acceptors (Lipinski definition) is 5. The third-order valence-corrected chi connectivity index (χ3v) is 11.7. The van der Waals surface area contributed by atoms with Crippen LogP contribution in [0.25, 0.3) is 96.8 Å². The van der Waals surface area contributed by atoms with Gasteiger partial charge < -0.3 is 0 Å². The number of hydrogen-bond donors (Lipinski definition) is 0. The lowest BCUT2D eigenvalue weighted by molar-refractivity contribution is 1.07. The van der Waals surface area contributed by atoms with Gasteiger partial charge in [0.2, 0.25) is 0 Å². The molecule has 0 saturated heterocycles. The first-order chi connectivity index (χ1) is 24.8. The highest BCUT2D eigenvalue weighted by molar-refractivity contribution is 7.26. The van der Waals surface area contributed by atoms with Gasteiger partial charge in [0, 0.05) is 57.0 Å². The van der Waals surface area contributed by atoms with Gasteiger partial charge in [-0.3, -0.25) is 0 Å². The first kappa shape index (κ1) is 29.0. The van der Waals surface area contributed by atoms with Crippen LogP contribution in [0.2, 0.25) is 0 Å². The summed E-state index contributed by atoms with van der Waals surface area (Å²) in [4.78, 5) is 14.9. The molecule has 0 aliphatic rings. The summed E-state index contributed by atoms with van der Waals surface area (Å²) in [5.74, 6) is 2.00. The van der Waals surface area contributed by atoms with Crippen LogP contribution in [0.3, 0.4) is 0 Å². The van der Waals surface area contributed by atoms with E-state index in [0.717, 1.165) is 16.7 Å². The molecule has 3 heterocycles. The summed E-state index contributed by atoms with van der Waals surface area (Å²) in [6, 6.07) is 57.9. The SMILES string of the molecule is c1ccc(-c2nc(-c3ccccc3)nc(-c3ccc4c(c3)sc3c(-c5cc(-c6ccccc6)c6c(c5)sc5ccccc56)cccc34)n2)cc1. The van der Waals surface area contributed by atoms with Crippen molar-refractivity contribution in [2.45, 2.75) is 0 Å². The molecule has 0 atom stereocenters. The first-order valence-electron chi connectivity index (χ1n) is 16.6. The Morgan fingerprint density at radius 3 is 1.60 bits per heavy atom. The van der Waals surface area contributed by atoms with Crippen LogP contribution in [-0.4, -0.2) is 15.0 Å². The van der Waals surface area contributed by atoms with E-state index in [2.05, 4.69) is 103 Å². The van der Waals surface area contributed by atoms with Crippen molar-refractivity contribution in [3.63, 3.8) is 0 Å². The lowest BCUT2D eigenvalue weighted by Crippen LogP contribution is -1.99. The fourth-order valence-corrected chi connectivity index (χ4v) is 9.41. The Kier molecular flexibility index (Phi) is 6.86. The molecule has 0 aliphatic heterocycles. The maximum absolute atomic E-state index is 4.99. The topological polar surface area (TPSA) is 38.7 Å². The quantitative estimate of drug-likeness (QED) is 0.182. The number of rotatable bonds is 5. The molecule has 0 bridgehead atoms. The van der Waals surface area contributed by atoms with E-state index in [1.54, 1.807) is 0 Å². The van der Waals surface area contributed by atoms with Crippen molar-refractivity contribution in [1.29, 1.82) is 0 Å². The number of thiophene rings is 2. The Morgan fingerprint density at radius 2 is 0.900 bits per heavy atom. The molecule has 0 unspecified atom stereocenters. The molecule has 10 aromatic rings. The third kappa shape index (κ3) is 4.90. The van der Waals surface area contributed by atoms with E-state index >= 15 is 0 Å². The van der Waals surface area contributed by atoms with Crippen LogP contribution in [0.5, 0.6) is 0 Å². The highest BCUT2D eigenvalue weighted by Crippen LogP contribution is 2.46. The Bertz CT molecular complexity index is 2800. The van der Waals surface area contributed by atoms with E-state index in [9.17, 15) is 0 Å². The molecule has 50 heavy (non-hydrogen) atoms. The molecule has 3 aromatic heterocycles. The molecule has 0 saturated carbocycles. The molecule has 0 spiro atoms. The average molecular weight is 674 g/mol. The molecule has 10 rings (SSSR count). The van der Waals surface area contributed by atoms with Gasteiger partial charge in [0.25, 0.3) is 0 Å². The summed E-state index contributed by atoms with van der Waals surface area (Å²) in [5.41, 5.74) is 7.89. The first-order valence-corrected chi connectivity index (χ1v) is 18.2. The minimum Gasteiger partial charge on any atom is -0.208 e. The van der Waals surface area contributed by atoms with Gasteiger partial charge in [0.15, 0.2) is 17.5 Å². The van der Waals surface area contributed by atoms with Crippen LogP contribution in [0.15, 0.2) is 164 Å². The molecule has 0 fully saturated rings. The smallest absolute Gasteiger partial charge is 0.164 e. The molecule has 7 aromatic carbocycles. The van der Waals surface area contributed by atoms with Gasteiger partial charge in [-0.05, 0) is 46.5 Å². The van der Waals surface area contributed by atoms with Gasteiger partial charge in [-0.25, -0.2) is 15.0 Å². The fourth-order valence-electron chi connectivity index (χ4n) is 6.96. The van der Waals surface area contributed by atoms with Crippen molar-refractivity contribution in [2.75, 3.05) is 0 Å². The Balaban J connectivity index is 1.15. The van der Waals surface area contributed by atoms with Crippen LogP contribution >= 0.6 is 22.7 Å². The zero-order valence-corrected chi connectivity index (χ0v) is 28.4. The highest BCUT2D eigenvalue weighted by atomic mass is 32.1. The van der Waals surface area contributed by atoms with Gasteiger partial charge in [-0.2, -0.15) is 0 Å². The molecule has 0 radical (unpaired) electrons. The third-order valence-electron chi connectivity index (χ3n) is 9.33. The van der Waals surface area contributed by atoms with Crippen molar-refractivity contribution in [3.8, 4) is 56.4 Å². The minimum absolute atomic E-state index is 0.666. The van der Waals surface area contributed by atoms with E-state index < -0.39 is 0 Å². The molecule has 234 valence electrons. The van der Waals surface area contributed by atoms with E-state index in [1.165, 1.54) is 62.6 Å². The molecular weight excluding hydrogens is 647 g/mol. The summed E-state index contributed by atoms with van der Waals surface area (Å²) in [5, 5.41) is 5.14. The number of benzene rings is 7. The van der Waals surface area contributed by atoms with E-state index in [-0.39, 0.29) is 0 Å². The zero-order valence-electron chi connectivity index (χ0n) is 26.7. The van der Waals surface area contributed by atoms with Crippen molar-refractivity contribution in [2.24, 2.45) is 0 Å². The summed E-state index contributed by atoms with van der Waals surface area (Å²) in [6.07, 6.45) is 0. The lowest BCUT2D eigenvalue weighted by Gasteiger charge is -2.10. The van der Waals surface area contributed by atoms with Crippen LogP contribution in [-0.2, 0) is 0 Å². The van der Waals surface area contributed by atoms with Crippen molar-refractivity contribution in [3.05, 3.63) is 164 Å². The van der Waals surface area contributed by atoms with Gasteiger partial charge >= 0.3 is 0 Å². The number of nitrogens with zero attached hydrogens (tertiary/aromatic N) is 3. The molecule has 0 N–H and O–H groups in total. The summed E-state index contributed by atoms with van der Waals surface area (Å²) < 4.78 is 5.11. The molecule has 3 nitrogen and oxygen atoms in total. The van der Waals surface area contributed by atoms with Gasteiger partial charge in [-0.1, -0.05) is 140 Å². The van der Waals surface area contributed by atoms with Crippen LogP contribution in [0, 0.1) is 0 Å². The Hall–Kier alpha value is -6.01. The normalized spacial score (nSPS) is 11.6.